The second-order valence-corrected chi connectivity index (χ2v) is 8.19. The maximum absolute atomic E-state index is 12.9. The fourth-order valence-corrected chi connectivity index (χ4v) is 5.15. The molecule has 5 nitrogen and oxygen atoms in total. The number of aryl methyl sites for hydroxylation is 2. The van der Waals surface area contributed by atoms with Gasteiger partial charge in [0.25, 0.3) is 10.0 Å². The predicted octanol–water partition coefficient (Wildman–Crippen LogP) is 2.93. The van der Waals surface area contributed by atoms with Gasteiger partial charge in [0.05, 0.1) is 0 Å². The molecule has 0 N–H and O–H groups in total. The molecular formula is C14H24BrN3O2S. The Morgan fingerprint density at radius 1 is 1.43 bits per heavy atom. The van der Waals surface area contributed by atoms with Gasteiger partial charge in [0.2, 0.25) is 0 Å². The molecule has 2 rings (SSSR count). The van der Waals surface area contributed by atoms with E-state index < -0.39 is 10.0 Å². The third-order valence-electron chi connectivity index (χ3n) is 4.01. The molecule has 1 aromatic rings. The number of hydrogen-bond acceptors (Lipinski definition) is 3. The van der Waals surface area contributed by atoms with Gasteiger partial charge in [-0.2, -0.15) is 4.31 Å². The number of alkyl halides is 1. The Morgan fingerprint density at radius 2 is 2.19 bits per heavy atom. The largest absolute Gasteiger partial charge is 0.334 e. The maximum atomic E-state index is 12.9. The van der Waals surface area contributed by atoms with Gasteiger partial charge in [-0.25, -0.2) is 13.4 Å². The minimum Gasteiger partial charge on any atom is -0.334 e. The molecule has 1 saturated heterocycles. The lowest BCUT2D eigenvalue weighted by molar-refractivity contribution is 0.247. The molecule has 120 valence electrons. The normalized spacial score (nSPS) is 20.8. The molecular weight excluding hydrogens is 354 g/mol. The van der Waals surface area contributed by atoms with E-state index in [1.54, 1.807) is 10.5 Å². The smallest absolute Gasteiger partial charge is 0.262 e. The molecule has 7 heteroatoms. The molecule has 1 aliphatic rings. The zero-order valence-electron chi connectivity index (χ0n) is 12.8. The van der Waals surface area contributed by atoms with E-state index in [0.29, 0.717) is 6.54 Å². The summed E-state index contributed by atoms with van der Waals surface area (Å²) in [5.74, 6) is 0.768. The standard InChI is InChI=1S/C14H24BrN3O2S/c1-3-9-17-11-14(16-12(17)2)21(19,20)18-10-5-4-6-13(18)7-8-15/h11,13H,3-10H2,1-2H3. The Kier molecular flexibility index (Phi) is 5.85. The van der Waals surface area contributed by atoms with Crippen LogP contribution in [0.25, 0.3) is 0 Å². The van der Waals surface area contributed by atoms with Gasteiger partial charge < -0.3 is 4.57 Å². The molecule has 1 fully saturated rings. The van der Waals surface area contributed by atoms with Crippen LogP contribution in [0.4, 0.5) is 0 Å². The van der Waals surface area contributed by atoms with Crippen LogP contribution in [-0.2, 0) is 16.6 Å². The van der Waals surface area contributed by atoms with Crippen molar-refractivity contribution in [1.82, 2.24) is 13.9 Å². The molecule has 0 aromatic carbocycles. The second kappa shape index (κ2) is 7.24. The molecule has 0 amide bonds. The summed E-state index contributed by atoms with van der Waals surface area (Å²) in [5, 5.41) is 1.03. The van der Waals surface area contributed by atoms with Crippen LogP contribution in [0.2, 0.25) is 0 Å². The van der Waals surface area contributed by atoms with Crippen molar-refractivity contribution in [1.29, 1.82) is 0 Å². The second-order valence-electron chi connectivity index (χ2n) is 5.56. The predicted molar refractivity (Wildman–Crippen MR) is 87.2 cm³/mol. The van der Waals surface area contributed by atoms with Crippen molar-refractivity contribution in [3.8, 4) is 0 Å². The summed E-state index contributed by atoms with van der Waals surface area (Å²) in [6, 6.07) is 0.0970. The average Bonchev–Trinajstić information content (AvgIpc) is 2.82. The first-order valence-corrected chi connectivity index (χ1v) is 10.2. The Labute approximate surface area is 135 Å². The summed E-state index contributed by atoms with van der Waals surface area (Å²) >= 11 is 3.43. The maximum Gasteiger partial charge on any atom is 0.262 e. The van der Waals surface area contributed by atoms with Gasteiger partial charge in [-0.05, 0) is 32.6 Å². The highest BCUT2D eigenvalue weighted by atomic mass is 79.9. The summed E-state index contributed by atoms with van der Waals surface area (Å²) in [7, 11) is -3.47. The lowest BCUT2D eigenvalue weighted by Crippen LogP contribution is -2.43. The van der Waals surface area contributed by atoms with Gasteiger partial charge >= 0.3 is 0 Å². The number of hydrogen-bond donors (Lipinski definition) is 0. The monoisotopic (exact) mass is 377 g/mol. The van der Waals surface area contributed by atoms with E-state index in [-0.39, 0.29) is 11.1 Å². The fraction of sp³-hybridized carbons (Fsp3) is 0.786. The zero-order valence-corrected chi connectivity index (χ0v) is 15.2. The minimum atomic E-state index is -3.47. The zero-order chi connectivity index (χ0) is 15.5. The van der Waals surface area contributed by atoms with E-state index in [1.807, 2.05) is 11.5 Å². The molecule has 0 spiro atoms. The highest BCUT2D eigenvalue weighted by molar-refractivity contribution is 9.09. The Morgan fingerprint density at radius 3 is 2.86 bits per heavy atom. The summed E-state index contributed by atoms with van der Waals surface area (Å²) < 4.78 is 29.3. The van der Waals surface area contributed by atoms with Gasteiger partial charge in [0, 0.05) is 30.7 Å². The number of imidazole rings is 1. The highest BCUT2D eigenvalue weighted by Crippen LogP contribution is 2.27. The van der Waals surface area contributed by atoms with Crippen molar-refractivity contribution in [2.75, 3.05) is 11.9 Å². The third-order valence-corrected chi connectivity index (χ3v) is 6.29. The van der Waals surface area contributed by atoms with E-state index in [1.165, 1.54) is 0 Å². The van der Waals surface area contributed by atoms with Crippen molar-refractivity contribution in [3.05, 3.63) is 12.0 Å². The molecule has 2 heterocycles. The van der Waals surface area contributed by atoms with Crippen molar-refractivity contribution in [3.63, 3.8) is 0 Å². The van der Waals surface area contributed by atoms with Crippen LogP contribution in [0, 0.1) is 6.92 Å². The molecule has 0 aliphatic carbocycles. The van der Waals surface area contributed by atoms with Crippen LogP contribution in [-0.4, -0.2) is 40.2 Å². The van der Waals surface area contributed by atoms with Gasteiger partial charge in [0.15, 0.2) is 5.03 Å². The molecule has 0 saturated carbocycles. The first-order valence-electron chi connectivity index (χ1n) is 7.62. The van der Waals surface area contributed by atoms with Crippen LogP contribution in [0.5, 0.6) is 0 Å². The van der Waals surface area contributed by atoms with E-state index >= 15 is 0 Å². The number of piperidine rings is 1. The fourth-order valence-electron chi connectivity index (χ4n) is 2.90. The quantitative estimate of drug-likeness (QED) is 0.716. The summed E-state index contributed by atoms with van der Waals surface area (Å²) in [4.78, 5) is 4.29. The lowest BCUT2D eigenvalue weighted by Gasteiger charge is -2.33. The number of nitrogens with zero attached hydrogens (tertiary/aromatic N) is 3. The van der Waals surface area contributed by atoms with Crippen LogP contribution in [0.3, 0.4) is 0 Å². The summed E-state index contributed by atoms with van der Waals surface area (Å²) in [6.45, 7) is 5.35. The summed E-state index contributed by atoms with van der Waals surface area (Å²) in [6.07, 6.45) is 6.49. The third kappa shape index (κ3) is 3.68. The molecule has 1 aromatic heterocycles. The topological polar surface area (TPSA) is 55.2 Å². The highest BCUT2D eigenvalue weighted by Gasteiger charge is 2.34. The Balaban J connectivity index is 2.29. The molecule has 1 unspecified atom stereocenters. The van der Waals surface area contributed by atoms with Crippen LogP contribution >= 0.6 is 15.9 Å². The SMILES string of the molecule is CCCn1cc(S(=O)(=O)N2CCCCC2CCBr)nc1C. The van der Waals surface area contributed by atoms with E-state index in [2.05, 4.69) is 27.8 Å². The molecule has 1 aliphatic heterocycles. The van der Waals surface area contributed by atoms with Gasteiger partial charge in [-0.1, -0.05) is 29.3 Å². The Bertz CT molecular complexity index is 569. The molecule has 21 heavy (non-hydrogen) atoms. The van der Waals surface area contributed by atoms with Gasteiger partial charge in [-0.15, -0.1) is 0 Å². The summed E-state index contributed by atoms with van der Waals surface area (Å²) in [5.41, 5.74) is 0. The number of halogens is 1. The Hall–Kier alpha value is -0.400. The lowest BCUT2D eigenvalue weighted by atomic mass is 10.0. The molecule has 0 bridgehead atoms. The van der Waals surface area contributed by atoms with E-state index in [4.69, 9.17) is 0 Å². The van der Waals surface area contributed by atoms with E-state index in [9.17, 15) is 8.42 Å². The van der Waals surface area contributed by atoms with Crippen molar-refractivity contribution < 1.29 is 8.42 Å². The number of rotatable bonds is 6. The van der Waals surface area contributed by atoms with Crippen LogP contribution < -0.4 is 0 Å². The van der Waals surface area contributed by atoms with Crippen molar-refractivity contribution in [2.24, 2.45) is 0 Å². The van der Waals surface area contributed by atoms with Gasteiger partial charge in [0.1, 0.15) is 5.82 Å². The first kappa shape index (κ1) is 17.0. The van der Waals surface area contributed by atoms with Crippen molar-refractivity contribution in [2.45, 2.75) is 63.6 Å². The first-order chi connectivity index (χ1) is 10.0. The van der Waals surface area contributed by atoms with E-state index in [0.717, 1.165) is 49.8 Å². The van der Waals surface area contributed by atoms with Crippen LogP contribution in [0.15, 0.2) is 11.2 Å². The minimum absolute atomic E-state index is 0.0970. The van der Waals surface area contributed by atoms with Crippen LogP contribution in [0.1, 0.15) is 44.9 Å². The number of sulfonamides is 1. The molecule has 1 atom stereocenters. The molecule has 0 radical (unpaired) electrons. The van der Waals surface area contributed by atoms with Crippen molar-refractivity contribution >= 4 is 26.0 Å². The number of aromatic nitrogens is 2. The van der Waals surface area contributed by atoms with Gasteiger partial charge in [-0.3, -0.25) is 0 Å². The average molecular weight is 378 g/mol.